The lowest BCUT2D eigenvalue weighted by atomic mass is 10.1. The maximum atomic E-state index is 12.7. The second-order valence-electron chi connectivity index (χ2n) is 6.67. The molecule has 1 aromatic heterocycles. The number of rotatable bonds is 6. The molecule has 1 unspecified atom stereocenters. The van der Waals surface area contributed by atoms with E-state index in [1.54, 1.807) is 17.4 Å². The molecule has 0 saturated carbocycles. The van der Waals surface area contributed by atoms with Gasteiger partial charge in [-0.2, -0.15) is 0 Å². The zero-order valence-electron chi connectivity index (χ0n) is 15.0. The number of hydrogen-bond acceptors (Lipinski definition) is 4. The van der Waals surface area contributed by atoms with Gasteiger partial charge in [0.05, 0.1) is 0 Å². The molecule has 1 atom stereocenters. The number of thiophene rings is 1. The fourth-order valence-corrected chi connectivity index (χ4v) is 3.88. The Morgan fingerprint density at radius 2 is 2.19 bits per heavy atom. The van der Waals surface area contributed by atoms with Crippen molar-refractivity contribution in [2.24, 2.45) is 0 Å². The number of carbonyl (C=O) groups is 2. The molecule has 26 heavy (non-hydrogen) atoms. The smallest absolute Gasteiger partial charge is 0.254 e. The van der Waals surface area contributed by atoms with Crippen LogP contribution in [0.2, 0.25) is 0 Å². The third kappa shape index (κ3) is 5.16. The predicted molar refractivity (Wildman–Crippen MR) is 106 cm³/mol. The van der Waals surface area contributed by atoms with Crippen molar-refractivity contribution in [3.05, 3.63) is 52.2 Å². The van der Waals surface area contributed by atoms with E-state index in [-0.39, 0.29) is 11.8 Å². The maximum absolute atomic E-state index is 12.7. The van der Waals surface area contributed by atoms with Crippen LogP contribution in [-0.4, -0.2) is 42.4 Å². The number of anilines is 1. The molecule has 0 bridgehead atoms. The van der Waals surface area contributed by atoms with Crippen molar-refractivity contribution in [2.45, 2.75) is 32.2 Å². The Hall–Kier alpha value is -2.18. The molecule has 3 rings (SSSR count). The highest BCUT2D eigenvalue weighted by Gasteiger charge is 2.21. The summed E-state index contributed by atoms with van der Waals surface area (Å²) in [6.07, 6.45) is 2.22. The van der Waals surface area contributed by atoms with E-state index in [1.807, 2.05) is 29.2 Å². The number of amides is 2. The summed E-state index contributed by atoms with van der Waals surface area (Å²) in [6, 6.07) is 11.7. The van der Waals surface area contributed by atoms with Crippen LogP contribution in [0.1, 0.15) is 35.0 Å². The van der Waals surface area contributed by atoms with Crippen LogP contribution in [0.25, 0.3) is 0 Å². The summed E-state index contributed by atoms with van der Waals surface area (Å²) >= 11 is 1.72. The molecule has 1 aliphatic rings. The van der Waals surface area contributed by atoms with Crippen LogP contribution >= 0.6 is 11.3 Å². The molecule has 1 fully saturated rings. The van der Waals surface area contributed by atoms with Gasteiger partial charge < -0.3 is 15.5 Å². The molecule has 6 heteroatoms. The summed E-state index contributed by atoms with van der Waals surface area (Å²) in [5.74, 6) is 0.00842. The zero-order valence-corrected chi connectivity index (χ0v) is 15.8. The number of nitrogens with zero attached hydrogens (tertiary/aromatic N) is 1. The van der Waals surface area contributed by atoms with Crippen molar-refractivity contribution in [2.75, 3.05) is 25.0 Å². The van der Waals surface area contributed by atoms with E-state index < -0.39 is 0 Å². The van der Waals surface area contributed by atoms with Crippen molar-refractivity contribution in [1.29, 1.82) is 0 Å². The quantitative estimate of drug-likeness (QED) is 0.820. The van der Waals surface area contributed by atoms with E-state index in [1.165, 1.54) is 4.88 Å². The van der Waals surface area contributed by atoms with Gasteiger partial charge in [-0.1, -0.05) is 12.1 Å². The Bertz CT molecular complexity index is 745. The summed E-state index contributed by atoms with van der Waals surface area (Å²) in [5.41, 5.74) is 1.30. The first-order valence-electron chi connectivity index (χ1n) is 9.07. The number of piperazine rings is 1. The molecule has 2 N–H and O–H groups in total. The van der Waals surface area contributed by atoms with Crippen LogP contribution in [0.15, 0.2) is 41.8 Å². The van der Waals surface area contributed by atoms with E-state index in [2.05, 4.69) is 29.0 Å². The van der Waals surface area contributed by atoms with Crippen molar-refractivity contribution in [3.8, 4) is 0 Å². The molecule has 5 nitrogen and oxygen atoms in total. The van der Waals surface area contributed by atoms with Crippen molar-refractivity contribution in [3.63, 3.8) is 0 Å². The van der Waals surface area contributed by atoms with E-state index >= 15 is 0 Å². The second-order valence-corrected chi connectivity index (χ2v) is 7.70. The van der Waals surface area contributed by atoms with Crippen LogP contribution in [0.3, 0.4) is 0 Å². The van der Waals surface area contributed by atoms with Gasteiger partial charge in [0.25, 0.3) is 5.91 Å². The third-order valence-electron chi connectivity index (χ3n) is 4.46. The van der Waals surface area contributed by atoms with Gasteiger partial charge in [0, 0.05) is 48.2 Å². The SMILES string of the molecule is CC1CN(C(=O)c2cccc(NC(=O)CCCc3cccs3)c2)CCN1. The summed E-state index contributed by atoms with van der Waals surface area (Å²) in [5, 5.41) is 8.30. The van der Waals surface area contributed by atoms with Gasteiger partial charge in [-0.3, -0.25) is 9.59 Å². The molecule has 2 aromatic rings. The minimum atomic E-state index is -0.0121. The Morgan fingerprint density at radius 1 is 1.31 bits per heavy atom. The number of aryl methyl sites for hydroxylation is 1. The Balaban J connectivity index is 1.53. The topological polar surface area (TPSA) is 61.4 Å². The number of benzene rings is 1. The standard InChI is InChI=1S/C20H25N3O2S/c1-15-14-23(11-10-21-15)20(25)16-5-2-6-17(13-16)22-19(24)9-3-7-18-8-4-12-26-18/h2,4-6,8,12-13,15,21H,3,7,9-11,14H2,1H3,(H,22,24). The summed E-state index contributed by atoms with van der Waals surface area (Å²) in [6.45, 7) is 4.31. The first-order valence-corrected chi connectivity index (χ1v) is 9.95. The molecule has 1 aliphatic heterocycles. The van der Waals surface area contributed by atoms with Gasteiger partial charge in [0.15, 0.2) is 0 Å². The maximum Gasteiger partial charge on any atom is 0.254 e. The van der Waals surface area contributed by atoms with Crippen LogP contribution in [0.5, 0.6) is 0 Å². The van der Waals surface area contributed by atoms with E-state index in [0.29, 0.717) is 36.8 Å². The van der Waals surface area contributed by atoms with Crippen molar-refractivity contribution in [1.82, 2.24) is 10.2 Å². The van der Waals surface area contributed by atoms with E-state index in [4.69, 9.17) is 0 Å². The molecule has 1 saturated heterocycles. The lowest BCUT2D eigenvalue weighted by molar-refractivity contribution is -0.116. The van der Waals surface area contributed by atoms with Crippen LogP contribution in [0, 0.1) is 0 Å². The molecule has 138 valence electrons. The summed E-state index contributed by atoms with van der Waals surface area (Å²) in [4.78, 5) is 28.0. The van der Waals surface area contributed by atoms with E-state index in [0.717, 1.165) is 19.4 Å². The highest BCUT2D eigenvalue weighted by Crippen LogP contribution is 2.16. The van der Waals surface area contributed by atoms with Crippen LogP contribution in [0.4, 0.5) is 5.69 Å². The van der Waals surface area contributed by atoms with Gasteiger partial charge in [-0.05, 0) is 49.4 Å². The minimum absolute atomic E-state index is 0.0121. The monoisotopic (exact) mass is 371 g/mol. The van der Waals surface area contributed by atoms with Gasteiger partial charge in [0.2, 0.25) is 5.91 Å². The molecule has 0 spiro atoms. The Kier molecular flexibility index (Phi) is 6.41. The summed E-state index contributed by atoms with van der Waals surface area (Å²) in [7, 11) is 0. The van der Waals surface area contributed by atoms with Gasteiger partial charge in [-0.15, -0.1) is 11.3 Å². The number of nitrogens with one attached hydrogen (secondary N) is 2. The second kappa shape index (κ2) is 8.96. The fourth-order valence-electron chi connectivity index (χ4n) is 3.13. The minimum Gasteiger partial charge on any atom is -0.336 e. The lowest BCUT2D eigenvalue weighted by Crippen LogP contribution is -2.51. The molecular weight excluding hydrogens is 346 g/mol. The zero-order chi connectivity index (χ0) is 18.4. The Morgan fingerprint density at radius 3 is 2.96 bits per heavy atom. The highest BCUT2D eigenvalue weighted by atomic mass is 32.1. The van der Waals surface area contributed by atoms with Crippen molar-refractivity contribution >= 4 is 28.8 Å². The molecular formula is C20H25N3O2S. The van der Waals surface area contributed by atoms with Gasteiger partial charge in [-0.25, -0.2) is 0 Å². The molecule has 0 aliphatic carbocycles. The van der Waals surface area contributed by atoms with Crippen molar-refractivity contribution < 1.29 is 9.59 Å². The normalized spacial score (nSPS) is 17.1. The van der Waals surface area contributed by atoms with Crippen LogP contribution < -0.4 is 10.6 Å². The molecule has 2 heterocycles. The first-order chi connectivity index (χ1) is 12.6. The van der Waals surface area contributed by atoms with Gasteiger partial charge in [0.1, 0.15) is 0 Å². The lowest BCUT2D eigenvalue weighted by Gasteiger charge is -2.32. The molecule has 2 amide bonds. The largest absolute Gasteiger partial charge is 0.336 e. The highest BCUT2D eigenvalue weighted by molar-refractivity contribution is 7.09. The molecule has 0 radical (unpaired) electrons. The fraction of sp³-hybridized carbons (Fsp3) is 0.400. The average Bonchev–Trinajstić information content (AvgIpc) is 3.15. The molecule has 1 aromatic carbocycles. The third-order valence-corrected chi connectivity index (χ3v) is 5.39. The average molecular weight is 372 g/mol. The van der Waals surface area contributed by atoms with Crippen LogP contribution in [-0.2, 0) is 11.2 Å². The number of carbonyl (C=O) groups excluding carboxylic acids is 2. The first kappa shape index (κ1) is 18.6. The Labute approximate surface area is 158 Å². The predicted octanol–water partition coefficient (Wildman–Crippen LogP) is 3.14. The van der Waals surface area contributed by atoms with E-state index in [9.17, 15) is 9.59 Å². The van der Waals surface area contributed by atoms with Gasteiger partial charge >= 0.3 is 0 Å². The number of hydrogen-bond donors (Lipinski definition) is 2. The summed E-state index contributed by atoms with van der Waals surface area (Å²) < 4.78 is 0.